The summed E-state index contributed by atoms with van der Waals surface area (Å²) in [6.45, 7) is 9.35. The topological polar surface area (TPSA) is 118 Å². The van der Waals surface area contributed by atoms with Gasteiger partial charge in [-0.3, -0.25) is 14.4 Å². The van der Waals surface area contributed by atoms with Crippen LogP contribution in [0.3, 0.4) is 0 Å². The Morgan fingerprint density at radius 2 is 1.56 bits per heavy atom. The Bertz CT molecular complexity index is 896. The number of carbonyl (C=O) groups excluding carboxylic acids is 4. The van der Waals surface area contributed by atoms with Gasteiger partial charge in [0.15, 0.2) is 18.3 Å². The van der Waals surface area contributed by atoms with Crippen molar-refractivity contribution in [3.05, 3.63) is 35.9 Å². The molecule has 0 N–H and O–H groups in total. The van der Waals surface area contributed by atoms with E-state index < -0.39 is 54.0 Å². The van der Waals surface area contributed by atoms with Crippen molar-refractivity contribution < 1.29 is 42.9 Å². The van der Waals surface area contributed by atoms with E-state index in [1.165, 1.54) is 25.7 Å². The lowest BCUT2D eigenvalue weighted by molar-refractivity contribution is -0.193. The second-order valence-electron chi connectivity index (χ2n) is 9.68. The van der Waals surface area contributed by atoms with Crippen molar-refractivity contribution >= 4 is 24.0 Å². The van der Waals surface area contributed by atoms with Crippen LogP contribution in [0.4, 0.5) is 4.79 Å². The Balaban J connectivity index is 2.35. The standard InChI is InChI=1S/C26H37NO9/c1-17(28)33-22(16-32-15-20-11-8-7-9-12-20)24(35-19(3)30)23(34-18(2)29)21-13-10-14-27(21)25(31)36-26(4,5)6/h7-9,11-12,21-24H,10,13-16H2,1-6H3/t21?,22-,23-,24+/m0/s1. The van der Waals surface area contributed by atoms with E-state index in [1.807, 2.05) is 30.3 Å². The maximum atomic E-state index is 12.9. The molecule has 10 nitrogen and oxygen atoms in total. The van der Waals surface area contributed by atoms with Crippen molar-refractivity contribution in [2.24, 2.45) is 0 Å². The number of amides is 1. The quantitative estimate of drug-likeness (QED) is 0.347. The number of ether oxygens (including phenoxy) is 5. The highest BCUT2D eigenvalue weighted by atomic mass is 16.6. The summed E-state index contributed by atoms with van der Waals surface area (Å²) in [7, 11) is 0. The molecule has 0 aromatic heterocycles. The Labute approximate surface area is 212 Å². The molecule has 36 heavy (non-hydrogen) atoms. The van der Waals surface area contributed by atoms with Crippen molar-refractivity contribution in [1.82, 2.24) is 4.90 Å². The van der Waals surface area contributed by atoms with Gasteiger partial charge >= 0.3 is 24.0 Å². The highest BCUT2D eigenvalue weighted by molar-refractivity contribution is 5.70. The zero-order valence-electron chi connectivity index (χ0n) is 21.9. The second kappa shape index (κ2) is 13.2. The first-order chi connectivity index (χ1) is 16.9. The molecular weight excluding hydrogens is 470 g/mol. The lowest BCUT2D eigenvalue weighted by Gasteiger charge is -2.38. The van der Waals surface area contributed by atoms with Gasteiger partial charge in [-0.2, -0.15) is 0 Å². The van der Waals surface area contributed by atoms with Gasteiger partial charge in [-0.15, -0.1) is 0 Å². The summed E-state index contributed by atoms with van der Waals surface area (Å²) >= 11 is 0. The number of rotatable bonds is 10. The Morgan fingerprint density at radius 1 is 0.944 bits per heavy atom. The minimum Gasteiger partial charge on any atom is -0.456 e. The van der Waals surface area contributed by atoms with Crippen molar-refractivity contribution in [2.45, 2.75) is 90.9 Å². The first kappa shape index (κ1) is 29.1. The molecule has 2 rings (SSSR count). The first-order valence-electron chi connectivity index (χ1n) is 12.0. The van der Waals surface area contributed by atoms with Gasteiger partial charge in [0.2, 0.25) is 0 Å². The van der Waals surface area contributed by atoms with Crippen molar-refractivity contribution in [2.75, 3.05) is 13.2 Å². The molecule has 0 saturated carbocycles. The van der Waals surface area contributed by atoms with Crippen LogP contribution in [-0.4, -0.2) is 72.0 Å². The molecule has 1 saturated heterocycles. The maximum Gasteiger partial charge on any atom is 0.410 e. The fourth-order valence-electron chi connectivity index (χ4n) is 4.06. The average molecular weight is 508 g/mol. The third kappa shape index (κ3) is 9.49. The molecule has 1 aliphatic rings. The summed E-state index contributed by atoms with van der Waals surface area (Å²) in [5.41, 5.74) is 0.161. The van der Waals surface area contributed by atoms with Crippen LogP contribution in [0.25, 0.3) is 0 Å². The summed E-state index contributed by atoms with van der Waals surface area (Å²) in [6, 6.07) is 8.70. The van der Waals surface area contributed by atoms with Gasteiger partial charge in [0.1, 0.15) is 5.60 Å². The normalized spacial score (nSPS) is 18.1. The molecule has 1 unspecified atom stereocenters. The van der Waals surface area contributed by atoms with E-state index >= 15 is 0 Å². The zero-order valence-corrected chi connectivity index (χ0v) is 21.9. The number of esters is 3. The van der Waals surface area contributed by atoms with Gasteiger partial charge in [-0.25, -0.2) is 4.79 Å². The highest BCUT2D eigenvalue weighted by Gasteiger charge is 2.47. The van der Waals surface area contributed by atoms with E-state index in [0.29, 0.717) is 19.4 Å². The van der Waals surface area contributed by atoms with Crippen molar-refractivity contribution in [1.29, 1.82) is 0 Å². The first-order valence-corrected chi connectivity index (χ1v) is 12.0. The predicted octanol–water partition coefficient (Wildman–Crippen LogP) is 3.40. The number of hydrogen-bond acceptors (Lipinski definition) is 9. The molecule has 0 bridgehead atoms. The molecule has 1 heterocycles. The Kier molecular flexibility index (Phi) is 10.7. The largest absolute Gasteiger partial charge is 0.456 e. The lowest BCUT2D eigenvalue weighted by atomic mass is 9.98. The molecule has 10 heteroatoms. The fraction of sp³-hybridized carbons (Fsp3) is 0.615. The monoisotopic (exact) mass is 507 g/mol. The number of hydrogen-bond donors (Lipinski definition) is 0. The van der Waals surface area contributed by atoms with Gasteiger partial charge in [-0.05, 0) is 39.2 Å². The minimum absolute atomic E-state index is 0.136. The van der Waals surface area contributed by atoms with Crippen LogP contribution in [0.1, 0.15) is 59.9 Å². The number of benzene rings is 1. The summed E-state index contributed by atoms with van der Waals surface area (Å²) in [4.78, 5) is 50.6. The summed E-state index contributed by atoms with van der Waals surface area (Å²) in [5, 5.41) is 0. The average Bonchev–Trinajstić information content (AvgIpc) is 3.24. The van der Waals surface area contributed by atoms with Gasteiger partial charge in [0.05, 0.1) is 19.3 Å². The van der Waals surface area contributed by atoms with E-state index in [1.54, 1.807) is 20.8 Å². The molecule has 1 amide bonds. The molecular formula is C26H37NO9. The van der Waals surface area contributed by atoms with E-state index in [4.69, 9.17) is 23.7 Å². The number of nitrogens with zero attached hydrogens (tertiary/aromatic N) is 1. The van der Waals surface area contributed by atoms with E-state index in [2.05, 4.69) is 0 Å². The van der Waals surface area contributed by atoms with Crippen LogP contribution in [0.5, 0.6) is 0 Å². The summed E-state index contributed by atoms with van der Waals surface area (Å²) in [6.07, 6.45) is -2.93. The number of likely N-dealkylation sites (tertiary alicyclic amines) is 1. The van der Waals surface area contributed by atoms with E-state index in [0.717, 1.165) is 5.56 Å². The summed E-state index contributed by atoms with van der Waals surface area (Å²) in [5.74, 6) is -1.93. The third-order valence-electron chi connectivity index (χ3n) is 5.31. The maximum absolute atomic E-state index is 12.9. The van der Waals surface area contributed by atoms with Gasteiger partial charge in [0.25, 0.3) is 0 Å². The molecule has 1 aliphatic heterocycles. The Hall–Kier alpha value is -3.14. The van der Waals surface area contributed by atoms with Crippen LogP contribution in [0.15, 0.2) is 30.3 Å². The molecule has 1 aromatic carbocycles. The second-order valence-corrected chi connectivity index (χ2v) is 9.68. The molecule has 0 aliphatic carbocycles. The smallest absolute Gasteiger partial charge is 0.410 e. The summed E-state index contributed by atoms with van der Waals surface area (Å²) < 4.78 is 28.0. The van der Waals surface area contributed by atoms with Gasteiger partial charge < -0.3 is 28.6 Å². The van der Waals surface area contributed by atoms with Crippen LogP contribution in [0, 0.1) is 0 Å². The third-order valence-corrected chi connectivity index (χ3v) is 5.31. The molecule has 1 fully saturated rings. The zero-order chi connectivity index (χ0) is 26.9. The minimum atomic E-state index is -1.22. The fourth-order valence-corrected chi connectivity index (χ4v) is 4.06. The SMILES string of the molecule is CC(=O)O[C@H]([C@H](COCc1ccccc1)OC(C)=O)[C@@H](OC(C)=O)C1CCCN1C(=O)OC(C)(C)C. The van der Waals surface area contributed by atoms with Crippen LogP contribution < -0.4 is 0 Å². The molecule has 0 spiro atoms. The molecule has 1 aromatic rings. The molecule has 200 valence electrons. The van der Waals surface area contributed by atoms with Gasteiger partial charge in [0, 0.05) is 27.3 Å². The van der Waals surface area contributed by atoms with Crippen LogP contribution in [0.2, 0.25) is 0 Å². The predicted molar refractivity (Wildman–Crippen MR) is 129 cm³/mol. The highest BCUT2D eigenvalue weighted by Crippen LogP contribution is 2.29. The molecule has 0 radical (unpaired) electrons. The van der Waals surface area contributed by atoms with E-state index in [9.17, 15) is 19.2 Å². The van der Waals surface area contributed by atoms with Crippen LogP contribution >= 0.6 is 0 Å². The molecule has 4 atom stereocenters. The van der Waals surface area contributed by atoms with E-state index in [-0.39, 0.29) is 13.2 Å². The van der Waals surface area contributed by atoms with Gasteiger partial charge in [-0.1, -0.05) is 30.3 Å². The van der Waals surface area contributed by atoms with Crippen molar-refractivity contribution in [3.63, 3.8) is 0 Å². The van der Waals surface area contributed by atoms with Crippen molar-refractivity contribution in [3.8, 4) is 0 Å². The number of carbonyl (C=O) groups is 4. The van der Waals surface area contributed by atoms with Crippen LogP contribution in [-0.2, 0) is 44.7 Å². The Morgan fingerprint density at radius 3 is 2.11 bits per heavy atom. The lowest BCUT2D eigenvalue weighted by Crippen LogP contribution is -2.56.